The summed E-state index contributed by atoms with van der Waals surface area (Å²) in [6, 6.07) is 0. The maximum Gasteiger partial charge on any atom is 0.473 e. The first kappa shape index (κ1) is 9.00. The van der Waals surface area contributed by atoms with Gasteiger partial charge in [0.25, 0.3) is 5.98 Å². The standard InChI is InChI=1S/C2H7FNO4P/c1-2(3,4)8-9(5,6)7/h4H2,1H3,(H2,5,6,7). The summed E-state index contributed by atoms with van der Waals surface area (Å²) in [5.41, 5.74) is 4.44. The fraction of sp³-hybridized carbons (Fsp3) is 1.00. The van der Waals surface area contributed by atoms with E-state index in [4.69, 9.17) is 9.79 Å². The number of alkyl halides is 1. The first-order valence-corrected chi connectivity index (χ1v) is 3.48. The summed E-state index contributed by atoms with van der Waals surface area (Å²) >= 11 is 0. The van der Waals surface area contributed by atoms with E-state index in [1.165, 1.54) is 0 Å². The SMILES string of the molecule is CC(N)(F)OP(=O)(O)O. The molecule has 0 saturated heterocycles. The molecule has 0 aromatic rings. The summed E-state index contributed by atoms with van der Waals surface area (Å²) < 4.78 is 25.2. The molecule has 0 saturated carbocycles. The molecular weight excluding hydrogens is 152 g/mol. The van der Waals surface area contributed by atoms with Crippen molar-refractivity contribution in [3.05, 3.63) is 0 Å². The molecule has 9 heavy (non-hydrogen) atoms. The van der Waals surface area contributed by atoms with E-state index >= 15 is 0 Å². The minimum atomic E-state index is -4.79. The largest absolute Gasteiger partial charge is 0.473 e. The van der Waals surface area contributed by atoms with Gasteiger partial charge in [0.15, 0.2) is 0 Å². The van der Waals surface area contributed by atoms with E-state index in [1.807, 2.05) is 0 Å². The van der Waals surface area contributed by atoms with Crippen LogP contribution in [0.1, 0.15) is 6.92 Å². The van der Waals surface area contributed by atoms with Crippen LogP contribution in [0.2, 0.25) is 0 Å². The zero-order chi connectivity index (χ0) is 7.71. The topological polar surface area (TPSA) is 92.8 Å². The van der Waals surface area contributed by atoms with Crippen LogP contribution in [0.25, 0.3) is 0 Å². The molecule has 5 nitrogen and oxygen atoms in total. The van der Waals surface area contributed by atoms with Crippen molar-refractivity contribution in [3.8, 4) is 0 Å². The molecule has 4 N–H and O–H groups in total. The van der Waals surface area contributed by atoms with E-state index in [1.54, 1.807) is 0 Å². The Morgan fingerprint density at radius 2 is 2.11 bits per heavy atom. The van der Waals surface area contributed by atoms with Gasteiger partial charge in [0, 0.05) is 6.92 Å². The summed E-state index contributed by atoms with van der Waals surface area (Å²) in [6.07, 6.45) is 0. The number of hydrogen-bond donors (Lipinski definition) is 3. The fourth-order valence-corrected chi connectivity index (χ4v) is 0.698. The van der Waals surface area contributed by atoms with Crippen molar-refractivity contribution in [1.29, 1.82) is 0 Å². The molecule has 0 aromatic carbocycles. The van der Waals surface area contributed by atoms with Crippen molar-refractivity contribution < 1.29 is 23.3 Å². The van der Waals surface area contributed by atoms with Gasteiger partial charge >= 0.3 is 7.82 Å². The third kappa shape index (κ3) is 8.00. The van der Waals surface area contributed by atoms with Crippen molar-refractivity contribution in [3.63, 3.8) is 0 Å². The van der Waals surface area contributed by atoms with Gasteiger partial charge in [-0.3, -0.25) is 5.73 Å². The summed E-state index contributed by atoms with van der Waals surface area (Å²) in [7, 11) is -4.79. The Morgan fingerprint density at radius 1 is 1.78 bits per heavy atom. The number of nitrogens with two attached hydrogens (primary N) is 1. The molecule has 0 rings (SSSR count). The Morgan fingerprint density at radius 3 is 2.11 bits per heavy atom. The number of phosphoric ester groups is 1. The zero-order valence-corrected chi connectivity index (χ0v) is 5.51. The molecule has 0 fully saturated rings. The molecule has 0 aliphatic heterocycles. The molecule has 0 aliphatic carbocycles. The van der Waals surface area contributed by atoms with E-state index in [0.29, 0.717) is 6.92 Å². The highest BCUT2D eigenvalue weighted by atomic mass is 31.2. The monoisotopic (exact) mass is 159 g/mol. The Hall–Kier alpha value is -0.0000000000000000416. The van der Waals surface area contributed by atoms with Gasteiger partial charge < -0.3 is 9.79 Å². The van der Waals surface area contributed by atoms with Crippen LogP contribution in [0.5, 0.6) is 0 Å². The third-order valence-corrected chi connectivity index (χ3v) is 0.892. The summed E-state index contributed by atoms with van der Waals surface area (Å²) in [6.45, 7) is 0.687. The second kappa shape index (κ2) is 2.32. The summed E-state index contributed by atoms with van der Waals surface area (Å²) in [5, 5.41) is 0. The quantitative estimate of drug-likeness (QED) is 0.292. The lowest BCUT2D eigenvalue weighted by Crippen LogP contribution is -2.32. The van der Waals surface area contributed by atoms with E-state index in [9.17, 15) is 8.96 Å². The molecule has 0 radical (unpaired) electrons. The van der Waals surface area contributed by atoms with Crippen LogP contribution in [0.15, 0.2) is 0 Å². The minimum absolute atomic E-state index is 0.687. The highest BCUT2D eigenvalue weighted by molar-refractivity contribution is 7.46. The Kier molecular flexibility index (Phi) is 2.32. The molecule has 0 amide bonds. The van der Waals surface area contributed by atoms with E-state index < -0.39 is 13.8 Å². The maximum absolute atomic E-state index is 11.9. The molecule has 7 heteroatoms. The number of halogens is 1. The molecule has 0 heterocycles. The fourth-order valence-electron chi connectivity index (χ4n) is 0.233. The molecule has 0 spiro atoms. The average molecular weight is 159 g/mol. The third-order valence-electron chi connectivity index (χ3n) is 0.297. The molecular formula is C2H7FNO4P. The Labute approximate surface area is 50.9 Å². The van der Waals surface area contributed by atoms with Crippen LogP contribution in [-0.4, -0.2) is 15.8 Å². The Bertz CT molecular complexity index is 136. The number of hydrogen-bond acceptors (Lipinski definition) is 3. The average Bonchev–Trinajstić information content (AvgIpc) is 1.14. The molecule has 56 valence electrons. The molecule has 1 unspecified atom stereocenters. The smallest absolute Gasteiger partial charge is 0.303 e. The summed E-state index contributed by atoms with van der Waals surface area (Å²) in [5.74, 6) is -2.78. The van der Waals surface area contributed by atoms with Gasteiger partial charge in [-0.2, -0.15) is 4.39 Å². The van der Waals surface area contributed by atoms with Crippen molar-refractivity contribution in [1.82, 2.24) is 0 Å². The predicted molar refractivity (Wildman–Crippen MR) is 26.8 cm³/mol. The molecule has 0 aliphatic rings. The maximum atomic E-state index is 11.9. The van der Waals surface area contributed by atoms with Crippen molar-refractivity contribution in [2.24, 2.45) is 5.73 Å². The summed E-state index contributed by atoms with van der Waals surface area (Å²) in [4.78, 5) is 15.8. The lowest BCUT2D eigenvalue weighted by molar-refractivity contribution is -0.0575. The van der Waals surface area contributed by atoms with Crippen LogP contribution < -0.4 is 5.73 Å². The molecule has 1 atom stereocenters. The first-order chi connectivity index (χ1) is 3.71. The normalized spacial score (nSPS) is 19.2. The highest BCUT2D eigenvalue weighted by Crippen LogP contribution is 2.39. The van der Waals surface area contributed by atoms with Crippen LogP contribution >= 0.6 is 7.82 Å². The first-order valence-electron chi connectivity index (χ1n) is 1.95. The van der Waals surface area contributed by atoms with E-state index in [0.717, 1.165) is 0 Å². The van der Waals surface area contributed by atoms with Crippen molar-refractivity contribution in [2.45, 2.75) is 12.9 Å². The highest BCUT2D eigenvalue weighted by Gasteiger charge is 2.28. The number of rotatable bonds is 2. The van der Waals surface area contributed by atoms with Crippen LogP contribution in [0.4, 0.5) is 4.39 Å². The van der Waals surface area contributed by atoms with E-state index in [2.05, 4.69) is 10.3 Å². The van der Waals surface area contributed by atoms with E-state index in [-0.39, 0.29) is 0 Å². The molecule has 0 aromatic heterocycles. The van der Waals surface area contributed by atoms with Gasteiger partial charge in [0.2, 0.25) is 0 Å². The van der Waals surface area contributed by atoms with Gasteiger partial charge in [-0.25, -0.2) is 9.09 Å². The minimum Gasteiger partial charge on any atom is -0.303 e. The van der Waals surface area contributed by atoms with Crippen LogP contribution in [-0.2, 0) is 9.09 Å². The van der Waals surface area contributed by atoms with Gasteiger partial charge in [0.05, 0.1) is 0 Å². The van der Waals surface area contributed by atoms with Crippen molar-refractivity contribution in [2.75, 3.05) is 0 Å². The Balaban J connectivity index is 3.90. The zero-order valence-electron chi connectivity index (χ0n) is 4.61. The van der Waals surface area contributed by atoms with Gasteiger partial charge in [-0.05, 0) is 0 Å². The molecule has 0 bridgehead atoms. The second-order valence-corrected chi connectivity index (χ2v) is 2.73. The lowest BCUT2D eigenvalue weighted by atomic mass is 10.7. The lowest BCUT2D eigenvalue weighted by Gasteiger charge is -2.14. The van der Waals surface area contributed by atoms with Gasteiger partial charge in [0.1, 0.15) is 0 Å². The van der Waals surface area contributed by atoms with Gasteiger partial charge in [-0.15, -0.1) is 0 Å². The van der Waals surface area contributed by atoms with Crippen LogP contribution in [0, 0.1) is 0 Å². The van der Waals surface area contributed by atoms with Crippen molar-refractivity contribution >= 4 is 7.82 Å². The van der Waals surface area contributed by atoms with Gasteiger partial charge in [-0.1, -0.05) is 0 Å². The number of phosphoric acid groups is 1. The predicted octanol–water partition coefficient (Wildman–Crippen LogP) is -0.302. The second-order valence-electron chi connectivity index (χ2n) is 1.57. The van der Waals surface area contributed by atoms with Crippen LogP contribution in [0.3, 0.4) is 0 Å².